The van der Waals surface area contributed by atoms with Gasteiger partial charge in [-0.15, -0.1) is 0 Å². The third kappa shape index (κ3) is 2.79. The van der Waals surface area contributed by atoms with E-state index in [0.29, 0.717) is 11.5 Å². The molecule has 3 aromatic rings. The Hall–Kier alpha value is -2.61. The maximum atomic E-state index is 12.2. The zero-order chi connectivity index (χ0) is 14.9. The first-order valence-corrected chi connectivity index (χ1v) is 7.67. The molecule has 0 amide bonds. The van der Waals surface area contributed by atoms with E-state index >= 15 is 0 Å². The van der Waals surface area contributed by atoms with Crippen LogP contribution in [-0.2, 0) is 10.0 Å². The normalized spacial score (nSPS) is 11.5. The number of H-pyrrole nitrogens is 2. The highest BCUT2D eigenvalue weighted by molar-refractivity contribution is 7.92. The van der Waals surface area contributed by atoms with Crippen LogP contribution in [0.25, 0.3) is 11.3 Å². The van der Waals surface area contributed by atoms with Gasteiger partial charge in [-0.05, 0) is 25.1 Å². The summed E-state index contributed by atoms with van der Waals surface area (Å²) in [4.78, 5) is 6.60. The molecule has 0 radical (unpaired) electrons. The molecule has 8 heteroatoms. The second kappa shape index (κ2) is 5.06. The molecule has 2 aromatic heterocycles. The van der Waals surface area contributed by atoms with E-state index in [1.807, 2.05) is 12.1 Å². The van der Waals surface area contributed by atoms with Crippen molar-refractivity contribution < 1.29 is 8.42 Å². The lowest BCUT2D eigenvalue weighted by molar-refractivity contribution is 0.598. The van der Waals surface area contributed by atoms with Gasteiger partial charge in [-0.25, -0.2) is 4.98 Å². The summed E-state index contributed by atoms with van der Waals surface area (Å²) >= 11 is 0. The largest absolute Gasteiger partial charge is 0.332 e. The number of aromatic nitrogens is 4. The highest BCUT2D eigenvalue weighted by Gasteiger charge is 2.16. The van der Waals surface area contributed by atoms with E-state index in [1.54, 1.807) is 31.3 Å². The quantitative estimate of drug-likeness (QED) is 0.685. The Morgan fingerprint density at radius 1 is 1.24 bits per heavy atom. The van der Waals surface area contributed by atoms with Crippen molar-refractivity contribution in [2.75, 3.05) is 4.72 Å². The van der Waals surface area contributed by atoms with Gasteiger partial charge < -0.3 is 4.98 Å². The lowest BCUT2D eigenvalue weighted by atomic mass is 10.1. The predicted octanol–water partition coefficient (Wildman–Crippen LogP) is 1.91. The van der Waals surface area contributed by atoms with Crippen LogP contribution < -0.4 is 4.72 Å². The van der Waals surface area contributed by atoms with Crippen LogP contribution >= 0.6 is 0 Å². The van der Waals surface area contributed by atoms with Crippen LogP contribution in [0.3, 0.4) is 0 Å². The van der Waals surface area contributed by atoms with Gasteiger partial charge >= 0.3 is 0 Å². The second-order valence-corrected chi connectivity index (χ2v) is 6.14. The summed E-state index contributed by atoms with van der Waals surface area (Å²) < 4.78 is 26.9. The molecule has 3 rings (SSSR count). The van der Waals surface area contributed by atoms with Crippen molar-refractivity contribution in [3.63, 3.8) is 0 Å². The number of aryl methyl sites for hydroxylation is 1. The van der Waals surface area contributed by atoms with Crippen LogP contribution in [0.1, 0.15) is 5.82 Å². The summed E-state index contributed by atoms with van der Waals surface area (Å²) in [6.07, 6.45) is 2.93. The maximum Gasteiger partial charge on any atom is 0.278 e. The third-order valence-corrected chi connectivity index (χ3v) is 4.19. The molecule has 0 aliphatic rings. The van der Waals surface area contributed by atoms with Gasteiger partial charge in [-0.3, -0.25) is 9.82 Å². The van der Waals surface area contributed by atoms with Gasteiger partial charge in [0, 0.05) is 17.4 Å². The Labute approximate surface area is 121 Å². The minimum absolute atomic E-state index is 0.0342. The van der Waals surface area contributed by atoms with Crippen LogP contribution in [0.4, 0.5) is 5.69 Å². The molecule has 3 N–H and O–H groups in total. The Morgan fingerprint density at radius 3 is 2.76 bits per heavy atom. The smallest absolute Gasteiger partial charge is 0.278 e. The fourth-order valence-corrected chi connectivity index (χ4v) is 2.93. The van der Waals surface area contributed by atoms with Crippen molar-refractivity contribution in [1.29, 1.82) is 0 Å². The van der Waals surface area contributed by atoms with E-state index in [0.717, 1.165) is 11.3 Å². The molecular formula is C13H13N5O2S. The van der Waals surface area contributed by atoms with Crippen LogP contribution in [0.5, 0.6) is 0 Å². The summed E-state index contributed by atoms with van der Waals surface area (Å²) in [6.45, 7) is 1.69. The van der Waals surface area contributed by atoms with Crippen molar-refractivity contribution in [2.24, 2.45) is 0 Å². The minimum Gasteiger partial charge on any atom is -0.332 e. The average molecular weight is 303 g/mol. The molecule has 0 spiro atoms. The lowest BCUT2D eigenvalue weighted by Crippen LogP contribution is -2.13. The van der Waals surface area contributed by atoms with Gasteiger partial charge in [0.25, 0.3) is 10.0 Å². The lowest BCUT2D eigenvalue weighted by Gasteiger charge is -2.07. The number of aromatic amines is 2. The van der Waals surface area contributed by atoms with Gasteiger partial charge in [0.05, 0.1) is 11.9 Å². The fourth-order valence-electron chi connectivity index (χ4n) is 1.91. The van der Waals surface area contributed by atoms with Crippen molar-refractivity contribution in [2.45, 2.75) is 11.9 Å². The number of rotatable bonds is 4. The molecule has 0 atom stereocenters. The van der Waals surface area contributed by atoms with E-state index in [-0.39, 0.29) is 5.03 Å². The number of nitrogens with one attached hydrogen (secondary N) is 3. The van der Waals surface area contributed by atoms with Crippen molar-refractivity contribution >= 4 is 15.7 Å². The number of hydrogen-bond acceptors (Lipinski definition) is 4. The van der Waals surface area contributed by atoms with E-state index in [9.17, 15) is 8.42 Å². The third-order valence-electron chi connectivity index (χ3n) is 2.90. The first kappa shape index (κ1) is 13.4. The van der Waals surface area contributed by atoms with Crippen LogP contribution in [0, 0.1) is 6.92 Å². The molecule has 0 aliphatic carbocycles. The van der Waals surface area contributed by atoms with Gasteiger partial charge in [-0.2, -0.15) is 13.5 Å². The molecule has 0 saturated carbocycles. The standard InChI is InChI=1S/C13H13N5O2S/c1-9-14-8-13(16-9)21(19,20)18-11-4-2-3-10(7-11)12-5-6-15-17-12/h2-8,18H,1H3,(H,14,16)(H,15,17). The molecule has 7 nitrogen and oxygen atoms in total. The first-order valence-electron chi connectivity index (χ1n) is 6.19. The Morgan fingerprint density at radius 2 is 2.10 bits per heavy atom. The highest BCUT2D eigenvalue weighted by atomic mass is 32.2. The van der Waals surface area contributed by atoms with Crippen LogP contribution in [-0.4, -0.2) is 28.6 Å². The fraction of sp³-hybridized carbons (Fsp3) is 0.0769. The van der Waals surface area contributed by atoms with E-state index in [2.05, 4.69) is 24.9 Å². The molecular weight excluding hydrogens is 290 g/mol. The van der Waals surface area contributed by atoms with E-state index in [1.165, 1.54) is 6.20 Å². The monoisotopic (exact) mass is 303 g/mol. The summed E-state index contributed by atoms with van der Waals surface area (Å²) in [7, 11) is -3.67. The van der Waals surface area contributed by atoms with Crippen molar-refractivity contribution in [1.82, 2.24) is 20.2 Å². The van der Waals surface area contributed by atoms with Crippen molar-refractivity contribution in [3.8, 4) is 11.3 Å². The van der Waals surface area contributed by atoms with Gasteiger partial charge in [0.2, 0.25) is 0 Å². The summed E-state index contributed by atoms with van der Waals surface area (Å²) in [5.41, 5.74) is 2.12. The highest BCUT2D eigenvalue weighted by Crippen LogP contribution is 2.22. The number of nitrogens with zero attached hydrogens (tertiary/aromatic N) is 2. The SMILES string of the molecule is Cc1ncc(S(=O)(=O)Nc2cccc(-c3ccn[nH]3)c2)[nH]1. The van der Waals surface area contributed by atoms with Crippen LogP contribution in [0.15, 0.2) is 47.8 Å². The van der Waals surface area contributed by atoms with Gasteiger partial charge in [0.15, 0.2) is 5.03 Å². The molecule has 21 heavy (non-hydrogen) atoms. The Kier molecular flexibility index (Phi) is 3.22. The predicted molar refractivity (Wildman–Crippen MR) is 78.2 cm³/mol. The second-order valence-electron chi connectivity index (χ2n) is 4.49. The number of imidazole rings is 1. The summed E-state index contributed by atoms with van der Waals surface area (Å²) in [6, 6.07) is 8.86. The molecule has 0 bridgehead atoms. The number of sulfonamides is 1. The number of hydrogen-bond donors (Lipinski definition) is 3. The molecule has 0 saturated heterocycles. The Balaban J connectivity index is 1.90. The molecule has 2 heterocycles. The van der Waals surface area contributed by atoms with Crippen LogP contribution in [0.2, 0.25) is 0 Å². The minimum atomic E-state index is -3.67. The Bertz CT molecular complexity index is 852. The molecule has 0 aliphatic heterocycles. The molecule has 0 unspecified atom stereocenters. The van der Waals surface area contributed by atoms with Gasteiger partial charge in [-0.1, -0.05) is 12.1 Å². The average Bonchev–Trinajstić information content (AvgIpc) is 3.09. The summed E-state index contributed by atoms with van der Waals surface area (Å²) in [5.74, 6) is 0.543. The number of benzene rings is 1. The molecule has 0 fully saturated rings. The zero-order valence-electron chi connectivity index (χ0n) is 11.2. The van der Waals surface area contributed by atoms with E-state index < -0.39 is 10.0 Å². The maximum absolute atomic E-state index is 12.2. The number of anilines is 1. The molecule has 108 valence electrons. The molecule has 1 aromatic carbocycles. The topological polar surface area (TPSA) is 104 Å². The van der Waals surface area contributed by atoms with E-state index in [4.69, 9.17) is 0 Å². The summed E-state index contributed by atoms with van der Waals surface area (Å²) in [5, 5.41) is 6.75. The zero-order valence-corrected chi connectivity index (χ0v) is 12.0. The van der Waals surface area contributed by atoms with Gasteiger partial charge in [0.1, 0.15) is 5.82 Å². The van der Waals surface area contributed by atoms with Crippen molar-refractivity contribution in [3.05, 3.63) is 48.5 Å². The first-order chi connectivity index (χ1) is 10.0.